The number of carbonyl (C=O) groups excluding carboxylic acids is 1. The number of morpholine rings is 1. The van der Waals surface area contributed by atoms with Gasteiger partial charge in [0.15, 0.2) is 0 Å². The number of nitrogens with zero attached hydrogens (tertiary/aromatic N) is 2. The van der Waals surface area contributed by atoms with Crippen molar-refractivity contribution in [2.75, 3.05) is 31.6 Å². The van der Waals surface area contributed by atoms with E-state index in [0.29, 0.717) is 25.2 Å². The SMILES string of the molecule is COc1ccc2c(c1)CCCN2C(=O)c1cccc(S(=O)(=O)N2C[C@H](C)O[C@@H](C)C2)c1. The molecule has 1 fully saturated rings. The highest BCUT2D eigenvalue weighted by molar-refractivity contribution is 7.89. The topological polar surface area (TPSA) is 76.2 Å². The summed E-state index contributed by atoms with van der Waals surface area (Å²) in [4.78, 5) is 15.2. The van der Waals surface area contributed by atoms with Crippen LogP contribution in [0.1, 0.15) is 36.2 Å². The first kappa shape index (κ1) is 21.8. The minimum atomic E-state index is -3.72. The summed E-state index contributed by atoms with van der Waals surface area (Å²) in [5.41, 5.74) is 2.26. The van der Waals surface area contributed by atoms with Gasteiger partial charge in [-0.05, 0) is 68.7 Å². The van der Waals surface area contributed by atoms with Crippen LogP contribution in [0.5, 0.6) is 5.75 Å². The molecule has 0 unspecified atom stereocenters. The van der Waals surface area contributed by atoms with Crippen LogP contribution in [-0.2, 0) is 21.2 Å². The maximum atomic E-state index is 13.3. The average Bonchev–Trinajstić information content (AvgIpc) is 2.77. The van der Waals surface area contributed by atoms with Gasteiger partial charge in [-0.3, -0.25) is 4.79 Å². The second-order valence-corrected chi connectivity index (χ2v) is 10.1. The summed E-state index contributed by atoms with van der Waals surface area (Å²) in [5, 5.41) is 0. The van der Waals surface area contributed by atoms with Crippen molar-refractivity contribution in [3.05, 3.63) is 53.6 Å². The highest BCUT2D eigenvalue weighted by Crippen LogP contribution is 2.32. The number of benzene rings is 2. The average molecular weight is 445 g/mol. The lowest BCUT2D eigenvalue weighted by atomic mass is 10.0. The van der Waals surface area contributed by atoms with Crippen molar-refractivity contribution >= 4 is 21.6 Å². The van der Waals surface area contributed by atoms with Crippen LogP contribution in [0.2, 0.25) is 0 Å². The molecular weight excluding hydrogens is 416 g/mol. The van der Waals surface area contributed by atoms with E-state index < -0.39 is 10.0 Å². The van der Waals surface area contributed by atoms with E-state index in [0.717, 1.165) is 29.8 Å². The summed E-state index contributed by atoms with van der Waals surface area (Å²) < 4.78 is 38.9. The lowest BCUT2D eigenvalue weighted by Crippen LogP contribution is -2.48. The Hall–Kier alpha value is -2.42. The highest BCUT2D eigenvalue weighted by Gasteiger charge is 2.33. The van der Waals surface area contributed by atoms with Gasteiger partial charge in [-0.2, -0.15) is 4.31 Å². The molecule has 0 aromatic heterocycles. The van der Waals surface area contributed by atoms with E-state index in [4.69, 9.17) is 9.47 Å². The predicted molar refractivity (Wildman–Crippen MR) is 118 cm³/mol. The van der Waals surface area contributed by atoms with Crippen LogP contribution >= 0.6 is 0 Å². The summed E-state index contributed by atoms with van der Waals surface area (Å²) >= 11 is 0. The van der Waals surface area contributed by atoms with Gasteiger partial charge in [0.25, 0.3) is 5.91 Å². The number of aryl methyl sites for hydroxylation is 1. The number of ether oxygens (including phenoxy) is 2. The number of rotatable bonds is 4. The molecule has 31 heavy (non-hydrogen) atoms. The maximum absolute atomic E-state index is 13.3. The Morgan fingerprint density at radius 2 is 1.84 bits per heavy atom. The fraction of sp³-hybridized carbons (Fsp3) is 0.435. The minimum Gasteiger partial charge on any atom is -0.497 e. The summed E-state index contributed by atoms with van der Waals surface area (Å²) in [6.45, 7) is 4.91. The molecule has 8 heteroatoms. The zero-order chi connectivity index (χ0) is 22.2. The summed E-state index contributed by atoms with van der Waals surface area (Å²) in [5.74, 6) is 0.557. The molecule has 0 aliphatic carbocycles. The largest absolute Gasteiger partial charge is 0.497 e. The number of methoxy groups -OCH3 is 1. The molecule has 1 amide bonds. The second kappa shape index (κ2) is 8.61. The Balaban J connectivity index is 1.63. The molecule has 2 atom stereocenters. The van der Waals surface area contributed by atoms with Gasteiger partial charge in [-0.15, -0.1) is 0 Å². The molecule has 2 aliphatic rings. The molecule has 0 spiro atoms. The summed E-state index contributed by atoms with van der Waals surface area (Å²) in [7, 11) is -2.10. The fourth-order valence-corrected chi connectivity index (χ4v) is 5.97. The van der Waals surface area contributed by atoms with Crippen LogP contribution in [0.15, 0.2) is 47.4 Å². The standard InChI is InChI=1S/C23H28N2O5S/c1-16-14-24(15-17(2)30-16)31(27,28)21-8-4-6-19(13-21)23(26)25-11-5-7-18-12-20(29-3)9-10-22(18)25/h4,6,8-10,12-13,16-17H,5,7,11,14-15H2,1-3H3/t16-,17-/m0/s1. The maximum Gasteiger partial charge on any atom is 0.258 e. The molecule has 0 radical (unpaired) electrons. The van der Waals surface area contributed by atoms with Crippen molar-refractivity contribution in [3.63, 3.8) is 0 Å². The molecule has 2 aromatic rings. The Labute approximate surface area is 183 Å². The van der Waals surface area contributed by atoms with Gasteiger partial charge in [0.05, 0.1) is 24.2 Å². The lowest BCUT2D eigenvalue weighted by molar-refractivity contribution is -0.0440. The van der Waals surface area contributed by atoms with Crippen LogP contribution in [0.3, 0.4) is 0 Å². The number of carbonyl (C=O) groups is 1. The van der Waals surface area contributed by atoms with Gasteiger partial charge < -0.3 is 14.4 Å². The van der Waals surface area contributed by atoms with Crippen molar-refractivity contribution < 1.29 is 22.7 Å². The number of hydrogen-bond donors (Lipinski definition) is 0. The van der Waals surface area contributed by atoms with E-state index in [9.17, 15) is 13.2 Å². The van der Waals surface area contributed by atoms with Crippen LogP contribution in [-0.4, -0.2) is 57.6 Å². The van der Waals surface area contributed by atoms with Gasteiger partial charge in [-0.1, -0.05) is 6.07 Å². The zero-order valence-corrected chi connectivity index (χ0v) is 18.9. The van der Waals surface area contributed by atoms with Gasteiger partial charge in [0.2, 0.25) is 10.0 Å². The molecule has 2 aliphatic heterocycles. The van der Waals surface area contributed by atoms with Crippen LogP contribution in [0, 0.1) is 0 Å². The third-order valence-corrected chi connectivity index (χ3v) is 7.58. The number of hydrogen-bond acceptors (Lipinski definition) is 5. The quantitative estimate of drug-likeness (QED) is 0.724. The van der Waals surface area contributed by atoms with Crippen molar-refractivity contribution in [2.24, 2.45) is 0 Å². The molecule has 1 saturated heterocycles. The normalized spacial score (nSPS) is 22.1. The van der Waals surface area contributed by atoms with Gasteiger partial charge in [-0.25, -0.2) is 8.42 Å². The molecule has 0 bridgehead atoms. The Bertz CT molecular complexity index is 1080. The third kappa shape index (κ3) is 4.33. The Morgan fingerprint density at radius 3 is 2.55 bits per heavy atom. The first-order chi connectivity index (χ1) is 14.8. The molecule has 4 rings (SSSR count). The second-order valence-electron chi connectivity index (χ2n) is 8.16. The van der Waals surface area contributed by atoms with Crippen LogP contribution in [0.4, 0.5) is 5.69 Å². The van der Waals surface area contributed by atoms with Gasteiger partial charge in [0, 0.05) is 30.9 Å². The molecule has 166 valence electrons. The van der Waals surface area contributed by atoms with E-state index in [1.807, 2.05) is 32.0 Å². The first-order valence-corrected chi connectivity index (χ1v) is 12.0. The molecule has 7 nitrogen and oxygen atoms in total. The third-order valence-electron chi connectivity index (χ3n) is 5.76. The molecule has 0 saturated carbocycles. The van der Waals surface area contributed by atoms with E-state index in [-0.39, 0.29) is 23.0 Å². The number of fused-ring (bicyclic) bond motifs is 1. The number of amides is 1. The van der Waals surface area contributed by atoms with Gasteiger partial charge >= 0.3 is 0 Å². The monoisotopic (exact) mass is 444 g/mol. The number of anilines is 1. The van der Waals surface area contributed by atoms with Crippen molar-refractivity contribution in [1.82, 2.24) is 4.31 Å². The van der Waals surface area contributed by atoms with E-state index in [1.165, 1.54) is 10.4 Å². The van der Waals surface area contributed by atoms with E-state index >= 15 is 0 Å². The molecule has 2 heterocycles. The Morgan fingerprint density at radius 1 is 1.10 bits per heavy atom. The smallest absolute Gasteiger partial charge is 0.258 e. The van der Waals surface area contributed by atoms with Crippen LogP contribution < -0.4 is 9.64 Å². The van der Waals surface area contributed by atoms with Crippen molar-refractivity contribution in [3.8, 4) is 5.75 Å². The zero-order valence-electron chi connectivity index (χ0n) is 18.1. The predicted octanol–water partition coefficient (Wildman–Crippen LogP) is 3.09. The van der Waals surface area contributed by atoms with E-state index in [2.05, 4.69) is 0 Å². The van der Waals surface area contributed by atoms with Crippen LogP contribution in [0.25, 0.3) is 0 Å². The van der Waals surface area contributed by atoms with Gasteiger partial charge in [0.1, 0.15) is 5.75 Å². The van der Waals surface area contributed by atoms with Crippen molar-refractivity contribution in [2.45, 2.75) is 43.8 Å². The number of sulfonamides is 1. The molecular formula is C23H28N2O5S. The Kier molecular flexibility index (Phi) is 6.05. The van der Waals surface area contributed by atoms with E-state index in [1.54, 1.807) is 30.2 Å². The fourth-order valence-electron chi connectivity index (χ4n) is 4.33. The lowest BCUT2D eigenvalue weighted by Gasteiger charge is -2.34. The first-order valence-electron chi connectivity index (χ1n) is 10.5. The summed E-state index contributed by atoms with van der Waals surface area (Å²) in [6, 6.07) is 12.0. The molecule has 0 N–H and O–H groups in total. The molecule has 2 aromatic carbocycles. The summed E-state index contributed by atoms with van der Waals surface area (Å²) in [6.07, 6.45) is 1.36. The highest BCUT2D eigenvalue weighted by atomic mass is 32.2. The van der Waals surface area contributed by atoms with Crippen molar-refractivity contribution in [1.29, 1.82) is 0 Å². The minimum absolute atomic E-state index is 0.131.